The van der Waals surface area contributed by atoms with Crippen LogP contribution in [0.4, 0.5) is 5.82 Å². The van der Waals surface area contributed by atoms with E-state index in [1.807, 2.05) is 24.3 Å². The molecule has 1 aromatic heterocycles. The summed E-state index contributed by atoms with van der Waals surface area (Å²) in [6.45, 7) is 0. The van der Waals surface area contributed by atoms with Crippen molar-refractivity contribution >= 4 is 39.3 Å². The van der Waals surface area contributed by atoms with Crippen molar-refractivity contribution in [2.45, 2.75) is 6.04 Å². The minimum atomic E-state index is -0.623. The second kappa shape index (κ2) is 6.72. The van der Waals surface area contributed by atoms with Gasteiger partial charge < -0.3 is 10.1 Å². The van der Waals surface area contributed by atoms with Crippen LogP contribution in [0, 0.1) is 0 Å². The Morgan fingerprint density at radius 1 is 1.30 bits per heavy atom. The van der Waals surface area contributed by atoms with Gasteiger partial charge in [0.2, 0.25) is 0 Å². The number of carbonyl (C=O) groups excluding carboxylic acids is 1. The second-order valence-electron chi connectivity index (χ2n) is 4.01. The van der Waals surface area contributed by atoms with Crippen molar-refractivity contribution in [3.8, 4) is 0 Å². The van der Waals surface area contributed by atoms with E-state index in [1.165, 1.54) is 13.3 Å². The molecule has 0 radical (unpaired) electrons. The van der Waals surface area contributed by atoms with E-state index >= 15 is 0 Å². The normalized spacial score (nSPS) is 11.8. The Labute approximate surface area is 130 Å². The number of esters is 1. The van der Waals surface area contributed by atoms with Crippen LogP contribution in [-0.4, -0.2) is 18.1 Å². The van der Waals surface area contributed by atoms with Crippen molar-refractivity contribution < 1.29 is 9.53 Å². The van der Waals surface area contributed by atoms with Gasteiger partial charge in [-0.1, -0.05) is 39.7 Å². The molecule has 20 heavy (non-hydrogen) atoms. The number of nitrogens with zero attached hydrogens (tertiary/aromatic N) is 1. The van der Waals surface area contributed by atoms with Crippen LogP contribution in [0.1, 0.15) is 11.6 Å². The maximum Gasteiger partial charge on any atom is 0.333 e. The van der Waals surface area contributed by atoms with Gasteiger partial charge in [0.15, 0.2) is 6.04 Å². The first-order valence-electron chi connectivity index (χ1n) is 5.81. The van der Waals surface area contributed by atoms with Crippen LogP contribution in [0.5, 0.6) is 0 Å². The maximum atomic E-state index is 11.9. The number of hydrogen-bond donors (Lipinski definition) is 1. The lowest BCUT2D eigenvalue weighted by Gasteiger charge is -2.17. The predicted octanol–water partition coefficient (Wildman–Crippen LogP) is 3.82. The van der Waals surface area contributed by atoms with Gasteiger partial charge in [-0.05, 0) is 29.8 Å². The molecule has 1 unspecified atom stereocenters. The Morgan fingerprint density at radius 2 is 2.00 bits per heavy atom. The van der Waals surface area contributed by atoms with Gasteiger partial charge in [-0.15, -0.1) is 0 Å². The average Bonchev–Trinajstić information content (AvgIpc) is 2.47. The van der Waals surface area contributed by atoms with Crippen LogP contribution in [0.15, 0.2) is 47.1 Å². The lowest BCUT2D eigenvalue weighted by Crippen LogP contribution is -2.22. The first kappa shape index (κ1) is 14.8. The van der Waals surface area contributed by atoms with Crippen molar-refractivity contribution in [3.05, 3.63) is 57.7 Å². The average molecular weight is 356 g/mol. The Balaban J connectivity index is 2.26. The molecule has 1 heterocycles. The number of pyridine rings is 1. The van der Waals surface area contributed by atoms with Gasteiger partial charge in [-0.25, -0.2) is 9.78 Å². The SMILES string of the molecule is COC(=O)C(Nc1ccc(Cl)cn1)c1ccc(Br)cc1. The van der Waals surface area contributed by atoms with Gasteiger partial charge in [-0.3, -0.25) is 0 Å². The van der Waals surface area contributed by atoms with E-state index in [4.69, 9.17) is 16.3 Å². The summed E-state index contributed by atoms with van der Waals surface area (Å²) < 4.78 is 5.77. The van der Waals surface area contributed by atoms with Gasteiger partial charge >= 0.3 is 5.97 Å². The molecule has 2 aromatic rings. The van der Waals surface area contributed by atoms with Crippen LogP contribution >= 0.6 is 27.5 Å². The third kappa shape index (κ3) is 3.71. The summed E-state index contributed by atoms with van der Waals surface area (Å²) in [5, 5.41) is 3.57. The molecule has 104 valence electrons. The van der Waals surface area contributed by atoms with Gasteiger partial charge in [0, 0.05) is 10.7 Å². The molecule has 1 aromatic carbocycles. The Hall–Kier alpha value is -1.59. The number of methoxy groups -OCH3 is 1. The highest BCUT2D eigenvalue weighted by Crippen LogP contribution is 2.22. The molecule has 0 aliphatic heterocycles. The molecule has 0 aliphatic rings. The smallest absolute Gasteiger partial charge is 0.333 e. The topological polar surface area (TPSA) is 51.2 Å². The third-order valence-electron chi connectivity index (χ3n) is 2.66. The minimum Gasteiger partial charge on any atom is -0.467 e. The Kier molecular flexibility index (Phi) is 4.98. The largest absolute Gasteiger partial charge is 0.467 e. The summed E-state index contributed by atoms with van der Waals surface area (Å²) in [6.07, 6.45) is 1.51. The van der Waals surface area contributed by atoms with Crippen LogP contribution in [0.25, 0.3) is 0 Å². The first-order valence-corrected chi connectivity index (χ1v) is 6.98. The molecule has 0 bridgehead atoms. The Morgan fingerprint density at radius 3 is 2.55 bits per heavy atom. The van der Waals surface area contributed by atoms with E-state index in [-0.39, 0.29) is 5.97 Å². The zero-order valence-electron chi connectivity index (χ0n) is 10.6. The van der Waals surface area contributed by atoms with E-state index in [0.29, 0.717) is 10.8 Å². The number of hydrogen-bond acceptors (Lipinski definition) is 4. The van der Waals surface area contributed by atoms with E-state index in [9.17, 15) is 4.79 Å². The minimum absolute atomic E-state index is 0.385. The monoisotopic (exact) mass is 354 g/mol. The van der Waals surface area contributed by atoms with Gasteiger partial charge in [-0.2, -0.15) is 0 Å². The predicted molar refractivity (Wildman–Crippen MR) is 81.8 cm³/mol. The molecular formula is C14H12BrClN2O2. The number of anilines is 1. The standard InChI is InChI=1S/C14H12BrClN2O2/c1-20-14(19)13(9-2-4-10(15)5-3-9)18-12-7-6-11(16)8-17-12/h2-8,13H,1H3,(H,17,18). The van der Waals surface area contributed by atoms with E-state index in [1.54, 1.807) is 12.1 Å². The molecule has 0 saturated heterocycles. The molecule has 0 aliphatic carbocycles. The maximum absolute atomic E-state index is 11.9. The fourth-order valence-electron chi connectivity index (χ4n) is 1.66. The van der Waals surface area contributed by atoms with Crippen LogP contribution < -0.4 is 5.32 Å². The Bertz CT molecular complexity index is 587. The molecule has 1 atom stereocenters. The van der Waals surface area contributed by atoms with E-state index in [2.05, 4.69) is 26.2 Å². The molecule has 1 N–H and O–H groups in total. The van der Waals surface area contributed by atoms with Crippen LogP contribution in [0.3, 0.4) is 0 Å². The van der Waals surface area contributed by atoms with E-state index in [0.717, 1.165) is 10.0 Å². The zero-order valence-corrected chi connectivity index (χ0v) is 13.0. The number of nitrogens with one attached hydrogen (secondary N) is 1. The summed E-state index contributed by atoms with van der Waals surface area (Å²) in [5.74, 6) is 0.164. The van der Waals surface area contributed by atoms with E-state index < -0.39 is 6.04 Å². The van der Waals surface area contributed by atoms with Crippen molar-refractivity contribution in [1.82, 2.24) is 4.98 Å². The van der Waals surface area contributed by atoms with Crippen LogP contribution in [0.2, 0.25) is 5.02 Å². The summed E-state index contributed by atoms with van der Waals surface area (Å²) in [4.78, 5) is 16.0. The van der Waals surface area contributed by atoms with Crippen molar-refractivity contribution in [2.75, 3.05) is 12.4 Å². The summed E-state index contributed by atoms with van der Waals surface area (Å²) in [6, 6.07) is 10.2. The molecule has 4 nitrogen and oxygen atoms in total. The highest BCUT2D eigenvalue weighted by molar-refractivity contribution is 9.10. The molecule has 6 heteroatoms. The molecular weight excluding hydrogens is 344 g/mol. The van der Waals surface area contributed by atoms with Gasteiger partial charge in [0.25, 0.3) is 0 Å². The number of benzene rings is 1. The highest BCUT2D eigenvalue weighted by atomic mass is 79.9. The lowest BCUT2D eigenvalue weighted by molar-refractivity contribution is -0.141. The first-order chi connectivity index (χ1) is 9.60. The summed E-state index contributed by atoms with van der Waals surface area (Å²) in [7, 11) is 1.35. The molecule has 0 saturated carbocycles. The van der Waals surface area contributed by atoms with Crippen molar-refractivity contribution in [2.24, 2.45) is 0 Å². The van der Waals surface area contributed by atoms with Gasteiger partial charge in [0.1, 0.15) is 5.82 Å². The molecule has 0 spiro atoms. The van der Waals surface area contributed by atoms with Gasteiger partial charge in [0.05, 0.1) is 12.1 Å². The quantitative estimate of drug-likeness (QED) is 0.847. The van der Waals surface area contributed by atoms with Crippen LogP contribution in [-0.2, 0) is 9.53 Å². The van der Waals surface area contributed by atoms with Crippen molar-refractivity contribution in [1.29, 1.82) is 0 Å². The molecule has 0 fully saturated rings. The fraction of sp³-hybridized carbons (Fsp3) is 0.143. The molecule has 2 rings (SSSR count). The number of rotatable bonds is 4. The number of aromatic nitrogens is 1. The fourth-order valence-corrected chi connectivity index (χ4v) is 2.04. The highest BCUT2D eigenvalue weighted by Gasteiger charge is 2.21. The lowest BCUT2D eigenvalue weighted by atomic mass is 10.1. The number of ether oxygens (including phenoxy) is 1. The second-order valence-corrected chi connectivity index (χ2v) is 5.37. The number of carbonyl (C=O) groups is 1. The zero-order chi connectivity index (χ0) is 14.5. The number of halogens is 2. The van der Waals surface area contributed by atoms with Crippen molar-refractivity contribution in [3.63, 3.8) is 0 Å². The third-order valence-corrected chi connectivity index (χ3v) is 3.41. The summed E-state index contributed by atoms with van der Waals surface area (Å²) in [5.41, 5.74) is 0.789. The molecule has 0 amide bonds. The summed E-state index contributed by atoms with van der Waals surface area (Å²) >= 11 is 9.15.